The van der Waals surface area contributed by atoms with Gasteiger partial charge in [0.2, 0.25) is 0 Å². The number of carbonyl (C=O) groups excluding carboxylic acids is 2. The van der Waals surface area contributed by atoms with E-state index >= 15 is 0 Å². The predicted molar refractivity (Wildman–Crippen MR) is 120 cm³/mol. The monoisotopic (exact) mass is 458 g/mol. The van der Waals surface area contributed by atoms with Crippen molar-refractivity contribution in [2.45, 2.75) is 33.2 Å². The number of hydrogen-bond acceptors (Lipinski definition) is 6. The van der Waals surface area contributed by atoms with Crippen LogP contribution in [0, 0.1) is 6.92 Å². The van der Waals surface area contributed by atoms with E-state index in [-0.39, 0.29) is 18.6 Å². The average Bonchev–Trinajstić information content (AvgIpc) is 3.08. The number of hydroxylamine groups is 1. The van der Waals surface area contributed by atoms with Crippen LogP contribution in [0.5, 0.6) is 5.75 Å². The van der Waals surface area contributed by atoms with Gasteiger partial charge in [0.1, 0.15) is 0 Å². The Bertz CT molecular complexity index is 1220. The summed E-state index contributed by atoms with van der Waals surface area (Å²) < 4.78 is 32.5. The summed E-state index contributed by atoms with van der Waals surface area (Å²) in [4.78, 5) is 29.0. The molecule has 1 aromatic heterocycles. The fourth-order valence-corrected chi connectivity index (χ4v) is 4.70. The first-order chi connectivity index (χ1) is 15.2. The van der Waals surface area contributed by atoms with Gasteiger partial charge < -0.3 is 14.1 Å². The maximum atomic E-state index is 12.7. The first-order valence-electron chi connectivity index (χ1n) is 10.1. The van der Waals surface area contributed by atoms with Crippen LogP contribution in [-0.2, 0) is 30.9 Å². The number of amides is 1. The highest BCUT2D eigenvalue weighted by molar-refractivity contribution is 7.89. The molecule has 32 heavy (non-hydrogen) atoms. The number of rotatable bonds is 9. The van der Waals surface area contributed by atoms with Crippen molar-refractivity contribution in [1.29, 1.82) is 0 Å². The highest BCUT2D eigenvalue weighted by Gasteiger charge is 2.28. The number of nitrogens with zero attached hydrogens (tertiary/aromatic N) is 2. The van der Waals surface area contributed by atoms with Gasteiger partial charge in [-0.25, -0.2) is 8.42 Å². The smallest absolute Gasteiger partial charge is 0.305 e. The van der Waals surface area contributed by atoms with Crippen LogP contribution in [0.25, 0.3) is 10.9 Å². The Morgan fingerprint density at radius 1 is 1.06 bits per heavy atom. The summed E-state index contributed by atoms with van der Waals surface area (Å²) in [5.74, 6) is -1.47. The molecule has 8 nitrogen and oxygen atoms in total. The molecule has 0 aliphatic carbocycles. The molecule has 0 fully saturated rings. The number of ether oxygens (including phenoxy) is 1. The van der Waals surface area contributed by atoms with Gasteiger partial charge >= 0.3 is 5.97 Å². The number of hydrogen-bond donors (Lipinski definition) is 0. The Hall–Kier alpha value is -3.33. The van der Waals surface area contributed by atoms with Gasteiger partial charge in [0.15, 0.2) is 5.75 Å². The molecule has 9 heteroatoms. The van der Waals surface area contributed by atoms with Gasteiger partial charge in [0.05, 0.1) is 18.4 Å². The lowest BCUT2D eigenvalue weighted by atomic mass is 10.2. The second-order valence-electron chi connectivity index (χ2n) is 7.38. The highest BCUT2D eigenvalue weighted by Crippen LogP contribution is 2.30. The fraction of sp³-hybridized carbons (Fsp3) is 0.304. The van der Waals surface area contributed by atoms with Gasteiger partial charge in [-0.1, -0.05) is 40.9 Å². The van der Waals surface area contributed by atoms with Crippen molar-refractivity contribution in [3.8, 4) is 5.75 Å². The Balaban J connectivity index is 1.88. The van der Waals surface area contributed by atoms with Crippen LogP contribution in [0.4, 0.5) is 0 Å². The molecule has 0 N–H and O–H groups in total. The first-order valence-corrected chi connectivity index (χ1v) is 11.7. The van der Waals surface area contributed by atoms with Gasteiger partial charge in [-0.3, -0.25) is 9.59 Å². The largest absolute Gasteiger partial charge is 0.469 e. The summed E-state index contributed by atoms with van der Waals surface area (Å²) in [7, 11) is -2.87. The molecule has 0 unspecified atom stereocenters. The SMILES string of the molecule is COC(=O)CCCS(=O)(=O)N(Oc1cccc2c1cc(C)n2Cc1ccccc1)C(C)=O. The second kappa shape index (κ2) is 9.86. The molecule has 0 saturated carbocycles. The van der Waals surface area contributed by atoms with E-state index in [2.05, 4.69) is 9.30 Å². The lowest BCUT2D eigenvalue weighted by Crippen LogP contribution is -2.39. The number of sulfonamides is 1. The Kier molecular flexibility index (Phi) is 7.19. The van der Waals surface area contributed by atoms with Gasteiger partial charge in [-0.05, 0) is 37.1 Å². The van der Waals surface area contributed by atoms with Gasteiger partial charge in [-0.15, -0.1) is 0 Å². The first kappa shape index (κ1) is 23.3. The molecule has 0 bridgehead atoms. The minimum Gasteiger partial charge on any atom is -0.469 e. The third kappa shape index (κ3) is 5.28. The minimum atomic E-state index is -4.10. The molecule has 2 aromatic carbocycles. The minimum absolute atomic E-state index is 0.0128. The van der Waals surface area contributed by atoms with E-state index in [9.17, 15) is 18.0 Å². The average molecular weight is 459 g/mol. The lowest BCUT2D eigenvalue weighted by Gasteiger charge is -2.21. The zero-order chi connectivity index (χ0) is 23.3. The molecule has 0 aliphatic heterocycles. The van der Waals surface area contributed by atoms with Crippen LogP contribution in [0.1, 0.15) is 31.0 Å². The fourth-order valence-electron chi connectivity index (χ4n) is 3.44. The van der Waals surface area contributed by atoms with Crippen molar-refractivity contribution in [1.82, 2.24) is 9.04 Å². The summed E-state index contributed by atoms with van der Waals surface area (Å²) in [6.45, 7) is 3.71. The molecule has 0 spiro atoms. The van der Waals surface area contributed by atoms with Crippen molar-refractivity contribution in [2.24, 2.45) is 0 Å². The number of fused-ring (bicyclic) bond motifs is 1. The third-order valence-electron chi connectivity index (χ3n) is 5.00. The van der Waals surface area contributed by atoms with Crippen molar-refractivity contribution >= 4 is 32.8 Å². The molecule has 3 aromatic rings. The topological polar surface area (TPSA) is 94.9 Å². The third-order valence-corrected chi connectivity index (χ3v) is 6.64. The van der Waals surface area contributed by atoms with E-state index in [1.807, 2.05) is 49.4 Å². The molecular formula is C23H26N2O6S. The van der Waals surface area contributed by atoms with Crippen LogP contribution in [0.2, 0.25) is 0 Å². The van der Waals surface area contributed by atoms with Crippen LogP contribution in [-0.4, -0.2) is 42.2 Å². The summed E-state index contributed by atoms with van der Waals surface area (Å²) >= 11 is 0. The molecular weight excluding hydrogens is 432 g/mol. The van der Waals surface area contributed by atoms with Crippen molar-refractivity contribution in [2.75, 3.05) is 12.9 Å². The molecule has 1 amide bonds. The number of esters is 1. The Morgan fingerprint density at radius 2 is 1.78 bits per heavy atom. The normalized spacial score (nSPS) is 11.3. The number of aromatic nitrogens is 1. The second-order valence-corrected chi connectivity index (χ2v) is 9.28. The Labute approximate surface area is 187 Å². The summed E-state index contributed by atoms with van der Waals surface area (Å²) in [6, 6.07) is 17.2. The Morgan fingerprint density at radius 3 is 2.44 bits per heavy atom. The van der Waals surface area contributed by atoms with Crippen LogP contribution in [0.15, 0.2) is 54.6 Å². The molecule has 170 valence electrons. The number of methoxy groups -OCH3 is 1. The quantitative estimate of drug-likeness (QED) is 0.360. The van der Waals surface area contributed by atoms with E-state index in [0.29, 0.717) is 16.4 Å². The standard InChI is InChI=1S/C23H26N2O6S/c1-17-15-20-21(24(17)16-19-9-5-4-6-10-19)11-7-12-22(20)31-25(18(2)26)32(28,29)14-8-13-23(27)30-3/h4-7,9-12,15H,8,13-14,16H2,1-3H3. The van der Waals surface area contributed by atoms with E-state index in [1.54, 1.807) is 12.1 Å². The predicted octanol–water partition coefficient (Wildman–Crippen LogP) is 3.42. The van der Waals surface area contributed by atoms with Crippen LogP contribution in [0.3, 0.4) is 0 Å². The lowest BCUT2D eigenvalue weighted by molar-refractivity contribution is -0.140. The van der Waals surface area contributed by atoms with E-state index < -0.39 is 27.7 Å². The maximum absolute atomic E-state index is 12.7. The van der Waals surface area contributed by atoms with Crippen molar-refractivity contribution < 1.29 is 27.6 Å². The molecule has 0 radical (unpaired) electrons. The van der Waals surface area contributed by atoms with Gasteiger partial charge in [-0.2, -0.15) is 0 Å². The number of carbonyl (C=O) groups is 2. The molecule has 0 saturated heterocycles. The number of aryl methyl sites for hydroxylation is 1. The molecule has 1 heterocycles. The van der Waals surface area contributed by atoms with Crippen molar-refractivity contribution in [3.63, 3.8) is 0 Å². The maximum Gasteiger partial charge on any atom is 0.305 e. The highest BCUT2D eigenvalue weighted by atomic mass is 32.2. The van der Waals surface area contributed by atoms with Gasteiger partial charge in [0.25, 0.3) is 15.9 Å². The summed E-state index contributed by atoms with van der Waals surface area (Å²) in [6.07, 6.45) is -0.0580. The molecule has 0 atom stereocenters. The van der Waals surface area contributed by atoms with E-state index in [4.69, 9.17) is 4.84 Å². The zero-order valence-corrected chi connectivity index (χ0v) is 19.1. The molecule has 0 aliphatic rings. The molecule has 3 rings (SSSR count). The van der Waals surface area contributed by atoms with Gasteiger partial charge in [0, 0.05) is 31.0 Å². The van der Waals surface area contributed by atoms with Crippen molar-refractivity contribution in [3.05, 3.63) is 65.9 Å². The van der Waals surface area contributed by atoms with Crippen LogP contribution >= 0.6 is 0 Å². The summed E-state index contributed by atoms with van der Waals surface area (Å²) in [5, 5.41) is 0.692. The van der Waals surface area contributed by atoms with Crippen LogP contribution < -0.4 is 4.84 Å². The number of benzene rings is 2. The van der Waals surface area contributed by atoms with E-state index in [0.717, 1.165) is 23.7 Å². The zero-order valence-electron chi connectivity index (χ0n) is 18.3. The van der Waals surface area contributed by atoms with E-state index in [1.165, 1.54) is 7.11 Å². The summed E-state index contributed by atoms with van der Waals surface area (Å²) in [5.41, 5.74) is 2.95.